The Morgan fingerprint density at radius 3 is 2.35 bits per heavy atom. The average molecular weight is 396 g/mol. The van der Waals surface area contributed by atoms with Gasteiger partial charge in [-0.25, -0.2) is 4.79 Å². The molecule has 0 aromatic heterocycles. The molecule has 0 aliphatic carbocycles. The summed E-state index contributed by atoms with van der Waals surface area (Å²) < 4.78 is 10.6. The van der Waals surface area contributed by atoms with E-state index in [0.29, 0.717) is 15.8 Å². The highest BCUT2D eigenvalue weighted by atomic mass is 35.5. The Bertz CT molecular complexity index is 803. The van der Waals surface area contributed by atoms with Crippen LogP contribution in [-0.2, 0) is 14.3 Å². The molecular weight excluding hydrogens is 377 g/mol. The highest BCUT2D eigenvalue weighted by Gasteiger charge is 2.20. The molecule has 0 saturated carbocycles. The van der Waals surface area contributed by atoms with Crippen molar-refractivity contribution in [2.24, 2.45) is 0 Å². The van der Waals surface area contributed by atoms with Crippen LogP contribution in [0.1, 0.15) is 18.1 Å². The maximum Gasteiger partial charge on any atom is 0.344 e. The van der Waals surface area contributed by atoms with Crippen molar-refractivity contribution >= 4 is 40.8 Å². The van der Waals surface area contributed by atoms with Gasteiger partial charge in [-0.2, -0.15) is 0 Å². The normalized spacial score (nSPS) is 11.6. The fraction of sp³-hybridized carbons (Fsp3) is 0.263. The van der Waals surface area contributed by atoms with Crippen LogP contribution in [0.4, 0.5) is 5.69 Å². The van der Waals surface area contributed by atoms with Gasteiger partial charge >= 0.3 is 5.97 Å². The van der Waals surface area contributed by atoms with E-state index in [4.69, 9.17) is 32.7 Å². The number of esters is 1. The number of aryl methyl sites for hydroxylation is 1. The second kappa shape index (κ2) is 8.92. The highest BCUT2D eigenvalue weighted by molar-refractivity contribution is 6.39. The minimum absolute atomic E-state index is 0.273. The first-order valence-corrected chi connectivity index (χ1v) is 8.68. The number of ether oxygens (including phenoxy) is 2. The van der Waals surface area contributed by atoms with Gasteiger partial charge in [0.15, 0.2) is 12.7 Å². The molecule has 138 valence electrons. The predicted octanol–water partition coefficient (Wildman–Crippen LogP) is 4.56. The summed E-state index contributed by atoms with van der Waals surface area (Å²) in [5, 5.41) is 3.14. The predicted molar refractivity (Wildman–Crippen MR) is 102 cm³/mol. The summed E-state index contributed by atoms with van der Waals surface area (Å²) in [5.74, 6) is -0.596. The summed E-state index contributed by atoms with van der Waals surface area (Å²) >= 11 is 12.0. The molecule has 0 radical (unpaired) electrons. The van der Waals surface area contributed by atoms with E-state index in [-0.39, 0.29) is 12.3 Å². The van der Waals surface area contributed by atoms with Gasteiger partial charge in [0.2, 0.25) is 0 Å². The van der Waals surface area contributed by atoms with Crippen molar-refractivity contribution < 1.29 is 19.1 Å². The number of amides is 1. The van der Waals surface area contributed by atoms with E-state index in [1.54, 1.807) is 24.3 Å². The molecule has 26 heavy (non-hydrogen) atoms. The van der Waals surface area contributed by atoms with Crippen LogP contribution in [0.25, 0.3) is 0 Å². The number of hydrogen-bond acceptors (Lipinski definition) is 4. The van der Waals surface area contributed by atoms with Crippen molar-refractivity contribution in [3.8, 4) is 5.75 Å². The zero-order chi connectivity index (χ0) is 19.3. The molecule has 0 aliphatic heterocycles. The topological polar surface area (TPSA) is 64.6 Å². The summed E-state index contributed by atoms with van der Waals surface area (Å²) in [5.41, 5.74) is 2.27. The average Bonchev–Trinajstić information content (AvgIpc) is 2.59. The first kappa shape index (κ1) is 20.1. The van der Waals surface area contributed by atoms with Gasteiger partial charge in [0.1, 0.15) is 5.75 Å². The Morgan fingerprint density at radius 1 is 1.08 bits per heavy atom. The fourth-order valence-electron chi connectivity index (χ4n) is 2.14. The number of carbonyl (C=O) groups excluding carboxylic acids is 2. The molecule has 1 amide bonds. The molecule has 0 spiro atoms. The van der Waals surface area contributed by atoms with E-state index >= 15 is 0 Å². The zero-order valence-corrected chi connectivity index (χ0v) is 16.1. The quantitative estimate of drug-likeness (QED) is 0.728. The van der Waals surface area contributed by atoms with Gasteiger partial charge in [-0.15, -0.1) is 0 Å². The van der Waals surface area contributed by atoms with E-state index in [0.717, 1.165) is 11.1 Å². The van der Waals surface area contributed by atoms with Crippen molar-refractivity contribution in [1.29, 1.82) is 0 Å². The van der Waals surface area contributed by atoms with Crippen LogP contribution >= 0.6 is 23.2 Å². The van der Waals surface area contributed by atoms with Gasteiger partial charge in [-0.3, -0.25) is 4.79 Å². The zero-order valence-electron chi connectivity index (χ0n) is 14.6. The summed E-state index contributed by atoms with van der Waals surface area (Å²) in [7, 11) is 0. The second-order valence-corrected chi connectivity index (χ2v) is 6.52. The second-order valence-electron chi connectivity index (χ2n) is 5.70. The van der Waals surface area contributed by atoms with Gasteiger partial charge in [0.25, 0.3) is 5.91 Å². The van der Waals surface area contributed by atoms with E-state index < -0.39 is 18.0 Å². The Balaban J connectivity index is 1.90. The molecule has 2 rings (SSSR count). The molecule has 0 aliphatic rings. The molecule has 5 nitrogen and oxygen atoms in total. The molecule has 0 heterocycles. The Morgan fingerprint density at radius 2 is 1.69 bits per heavy atom. The minimum Gasteiger partial charge on any atom is -0.482 e. The molecule has 0 saturated heterocycles. The number of hydrogen-bond donors (Lipinski definition) is 1. The van der Waals surface area contributed by atoms with Crippen molar-refractivity contribution in [2.45, 2.75) is 26.9 Å². The van der Waals surface area contributed by atoms with E-state index in [1.165, 1.54) is 6.92 Å². The maximum atomic E-state index is 12.2. The number of para-hydroxylation sites is 1. The Labute approximate surface area is 162 Å². The number of rotatable bonds is 6. The third-order valence-corrected chi connectivity index (χ3v) is 4.42. The van der Waals surface area contributed by atoms with Crippen molar-refractivity contribution in [1.82, 2.24) is 0 Å². The van der Waals surface area contributed by atoms with Gasteiger partial charge in [0, 0.05) is 0 Å². The van der Waals surface area contributed by atoms with Crippen molar-refractivity contribution in [3.05, 3.63) is 57.6 Å². The number of halogens is 2. The van der Waals surface area contributed by atoms with Gasteiger partial charge in [0.05, 0.1) is 15.7 Å². The lowest BCUT2D eigenvalue weighted by atomic mass is 10.1. The summed E-state index contributed by atoms with van der Waals surface area (Å²) in [4.78, 5) is 24.1. The number of benzene rings is 2. The molecule has 7 heteroatoms. The fourth-order valence-corrected chi connectivity index (χ4v) is 2.64. The summed E-state index contributed by atoms with van der Waals surface area (Å²) in [6.45, 7) is 5.01. The number of carbonyl (C=O) groups is 2. The summed E-state index contributed by atoms with van der Waals surface area (Å²) in [6, 6.07) is 10.4. The van der Waals surface area contributed by atoms with Crippen molar-refractivity contribution in [3.63, 3.8) is 0 Å². The van der Waals surface area contributed by atoms with Crippen LogP contribution < -0.4 is 10.1 Å². The van der Waals surface area contributed by atoms with E-state index in [2.05, 4.69) is 5.32 Å². The molecule has 2 aromatic carbocycles. The van der Waals surface area contributed by atoms with Crippen LogP contribution in [-0.4, -0.2) is 24.6 Å². The molecule has 1 N–H and O–H groups in total. The lowest BCUT2D eigenvalue weighted by molar-refractivity contribution is -0.155. The van der Waals surface area contributed by atoms with Gasteiger partial charge in [-0.05, 0) is 50.1 Å². The first-order chi connectivity index (χ1) is 12.3. The molecule has 2 aromatic rings. The first-order valence-electron chi connectivity index (χ1n) is 7.93. The standard InChI is InChI=1S/C19H19Cl2NO4/c1-11-6-4-9-16(12(11)2)25-10-17(23)26-13(3)19(24)22-18-14(20)7-5-8-15(18)21/h4-9,13H,10H2,1-3H3,(H,22,24)/t13-/m1/s1. The number of anilines is 1. The van der Waals surface area contributed by atoms with Crippen LogP contribution in [0.3, 0.4) is 0 Å². The molecular formula is C19H19Cl2NO4. The number of nitrogens with one attached hydrogen (secondary N) is 1. The summed E-state index contributed by atoms with van der Waals surface area (Å²) in [6.07, 6.45) is -1.03. The third kappa shape index (κ3) is 5.13. The van der Waals surface area contributed by atoms with E-state index in [9.17, 15) is 9.59 Å². The van der Waals surface area contributed by atoms with Crippen LogP contribution in [0.15, 0.2) is 36.4 Å². The Kier molecular flexibility index (Phi) is 6.89. The molecule has 1 atom stereocenters. The smallest absolute Gasteiger partial charge is 0.344 e. The van der Waals surface area contributed by atoms with E-state index in [1.807, 2.05) is 26.0 Å². The van der Waals surface area contributed by atoms with Gasteiger partial charge < -0.3 is 14.8 Å². The van der Waals surface area contributed by atoms with Crippen molar-refractivity contribution in [2.75, 3.05) is 11.9 Å². The van der Waals surface area contributed by atoms with Crippen LogP contribution in [0, 0.1) is 13.8 Å². The molecule has 0 unspecified atom stereocenters. The highest BCUT2D eigenvalue weighted by Crippen LogP contribution is 2.30. The van der Waals surface area contributed by atoms with Gasteiger partial charge in [-0.1, -0.05) is 41.4 Å². The lowest BCUT2D eigenvalue weighted by Gasteiger charge is -2.16. The monoisotopic (exact) mass is 395 g/mol. The molecule has 0 bridgehead atoms. The Hall–Kier alpha value is -2.24. The SMILES string of the molecule is Cc1cccc(OCC(=O)O[C@H](C)C(=O)Nc2c(Cl)cccc2Cl)c1C. The lowest BCUT2D eigenvalue weighted by Crippen LogP contribution is -2.31. The third-order valence-electron chi connectivity index (χ3n) is 3.79. The maximum absolute atomic E-state index is 12.2. The minimum atomic E-state index is -1.03. The van der Waals surface area contributed by atoms with Crippen LogP contribution in [0.2, 0.25) is 10.0 Å². The largest absolute Gasteiger partial charge is 0.482 e. The van der Waals surface area contributed by atoms with Crippen LogP contribution in [0.5, 0.6) is 5.75 Å². The molecule has 0 fully saturated rings.